The Kier molecular flexibility index (Phi) is 27.0. The van der Waals surface area contributed by atoms with Gasteiger partial charge >= 0.3 is 6.03 Å². The molecule has 0 rings (SSSR count). The summed E-state index contributed by atoms with van der Waals surface area (Å²) in [6, 6.07) is -0.814. The minimum absolute atomic E-state index is 0.375. The zero-order valence-electron chi connectivity index (χ0n) is 18.8. The molecule has 0 unspecified atom stereocenters. The minimum atomic E-state index is -0.814. The second-order valence-corrected chi connectivity index (χ2v) is 8.31. The van der Waals surface area contributed by atoms with Crippen LogP contribution in [0.4, 0.5) is 4.79 Å². The van der Waals surface area contributed by atoms with Crippen LogP contribution >= 0.6 is 15.9 Å². The third-order valence-corrected chi connectivity index (χ3v) is 5.87. The number of primary amides is 1. The summed E-state index contributed by atoms with van der Waals surface area (Å²) in [6.07, 6.45) is 18.9. The smallest absolute Gasteiger partial charge is 0.318 e. The van der Waals surface area contributed by atoms with E-state index in [9.17, 15) is 9.59 Å². The Balaban J connectivity index is -0.000000375. The number of rotatable bonds is 13. The van der Waals surface area contributed by atoms with Crippen molar-refractivity contribution in [3.05, 3.63) is 25.3 Å². The highest BCUT2D eigenvalue weighted by molar-refractivity contribution is 9.10. The molecule has 3 N–H and O–H groups in total. The number of carbonyl (C=O) groups is 2. The zero-order valence-corrected chi connectivity index (χ0v) is 20.4. The third kappa shape index (κ3) is 22.9. The molecule has 0 aliphatic rings. The molecule has 0 aromatic rings. The molecular weight excluding hydrogens is 416 g/mol. The Morgan fingerprint density at radius 2 is 1.14 bits per heavy atom. The zero-order chi connectivity index (χ0) is 22.3. The summed E-state index contributed by atoms with van der Waals surface area (Å²) in [7, 11) is 0. The molecule has 0 aliphatic heterocycles. The van der Waals surface area contributed by atoms with Gasteiger partial charge in [0.15, 0.2) is 0 Å². The standard InChI is InChI=1S/C12H26.C7H13BrN2O2.C4H6/c1-3-5-7-9-11-12-10-8-6-4-2;1-3-7(8,4-2)5(11)10-6(9)12;1-3-4-2/h3-12H2,1-2H3;3-4H2,1-2H3,(H3,9,10,11,12);3-4H,1-2H2. The Morgan fingerprint density at radius 3 is 1.36 bits per heavy atom. The average molecular weight is 462 g/mol. The Morgan fingerprint density at radius 1 is 0.821 bits per heavy atom. The van der Waals surface area contributed by atoms with E-state index in [-0.39, 0.29) is 5.91 Å². The second-order valence-electron chi connectivity index (χ2n) is 6.79. The number of urea groups is 1. The summed E-state index contributed by atoms with van der Waals surface area (Å²) < 4.78 is -0.665. The Labute approximate surface area is 182 Å². The van der Waals surface area contributed by atoms with Crippen LogP contribution in [0.5, 0.6) is 0 Å². The summed E-state index contributed by atoms with van der Waals surface area (Å²) >= 11 is 3.26. The monoisotopic (exact) mass is 460 g/mol. The fraction of sp³-hybridized carbons (Fsp3) is 0.739. The first-order valence-corrected chi connectivity index (χ1v) is 11.6. The molecule has 0 saturated carbocycles. The fourth-order valence-corrected chi connectivity index (χ4v) is 2.45. The quantitative estimate of drug-likeness (QED) is 0.170. The van der Waals surface area contributed by atoms with Crippen LogP contribution in [0.3, 0.4) is 0 Å². The van der Waals surface area contributed by atoms with Crippen molar-refractivity contribution in [3.63, 3.8) is 0 Å². The predicted octanol–water partition coefficient (Wildman–Crippen LogP) is 7.42. The van der Waals surface area contributed by atoms with E-state index in [4.69, 9.17) is 5.73 Å². The van der Waals surface area contributed by atoms with Gasteiger partial charge in [-0.05, 0) is 12.8 Å². The number of unbranched alkanes of at least 4 members (excludes halogenated alkanes) is 9. The first-order chi connectivity index (χ1) is 13.3. The highest BCUT2D eigenvalue weighted by Gasteiger charge is 2.32. The number of carbonyl (C=O) groups excluding carboxylic acids is 2. The van der Waals surface area contributed by atoms with Crippen molar-refractivity contribution in [2.75, 3.05) is 0 Å². The van der Waals surface area contributed by atoms with Gasteiger partial charge in [-0.3, -0.25) is 10.1 Å². The van der Waals surface area contributed by atoms with E-state index in [0.717, 1.165) is 0 Å². The van der Waals surface area contributed by atoms with Gasteiger partial charge in [-0.15, -0.1) is 0 Å². The van der Waals surface area contributed by atoms with Crippen LogP contribution in [0.15, 0.2) is 25.3 Å². The normalized spacial score (nSPS) is 9.89. The van der Waals surface area contributed by atoms with Crippen molar-refractivity contribution in [2.45, 2.75) is 109 Å². The molecule has 166 valence electrons. The molecule has 28 heavy (non-hydrogen) atoms. The van der Waals surface area contributed by atoms with Gasteiger partial charge in [0.2, 0.25) is 5.91 Å². The van der Waals surface area contributed by atoms with Crippen molar-refractivity contribution < 1.29 is 9.59 Å². The van der Waals surface area contributed by atoms with E-state index < -0.39 is 10.4 Å². The first-order valence-electron chi connectivity index (χ1n) is 10.8. The lowest BCUT2D eigenvalue weighted by atomic mass is 10.0. The number of amides is 3. The van der Waals surface area contributed by atoms with Crippen molar-refractivity contribution in [2.24, 2.45) is 5.73 Å². The molecule has 0 saturated heterocycles. The SMILES string of the molecule is C=CC=C.CCC(Br)(CC)C(=O)NC(N)=O.CCCCCCCCCCCC. The van der Waals surface area contributed by atoms with Gasteiger partial charge in [-0.1, -0.05) is 133 Å². The maximum Gasteiger partial charge on any atom is 0.318 e. The third-order valence-electron chi connectivity index (χ3n) is 4.39. The maximum absolute atomic E-state index is 11.3. The number of hydrogen-bond donors (Lipinski definition) is 2. The van der Waals surface area contributed by atoms with Gasteiger partial charge in [-0.25, -0.2) is 4.79 Å². The molecule has 0 fully saturated rings. The van der Waals surface area contributed by atoms with E-state index >= 15 is 0 Å². The molecule has 0 atom stereocenters. The van der Waals surface area contributed by atoms with Gasteiger partial charge in [0.25, 0.3) is 0 Å². The molecule has 0 spiro atoms. The highest BCUT2D eigenvalue weighted by atomic mass is 79.9. The molecule has 5 heteroatoms. The lowest BCUT2D eigenvalue weighted by molar-refractivity contribution is -0.122. The molecule has 0 heterocycles. The van der Waals surface area contributed by atoms with Gasteiger partial charge in [0, 0.05) is 0 Å². The summed E-state index contributed by atoms with van der Waals surface area (Å²) in [6.45, 7) is 15.0. The van der Waals surface area contributed by atoms with Crippen LogP contribution in [-0.2, 0) is 4.79 Å². The van der Waals surface area contributed by atoms with Gasteiger partial charge in [-0.2, -0.15) is 0 Å². The number of allylic oxidation sites excluding steroid dienone is 2. The van der Waals surface area contributed by atoms with Crippen LogP contribution in [0.2, 0.25) is 0 Å². The van der Waals surface area contributed by atoms with Crippen molar-refractivity contribution in [3.8, 4) is 0 Å². The number of nitrogens with two attached hydrogens (primary N) is 1. The van der Waals surface area contributed by atoms with E-state index in [0.29, 0.717) is 12.8 Å². The molecule has 0 aliphatic carbocycles. The van der Waals surface area contributed by atoms with Crippen LogP contribution < -0.4 is 11.1 Å². The van der Waals surface area contributed by atoms with Gasteiger partial charge in [0.05, 0.1) is 0 Å². The topological polar surface area (TPSA) is 72.2 Å². The van der Waals surface area contributed by atoms with Gasteiger partial charge < -0.3 is 5.73 Å². The number of hydrogen-bond acceptors (Lipinski definition) is 2. The van der Waals surface area contributed by atoms with E-state index in [2.05, 4.69) is 42.9 Å². The molecule has 0 aromatic heterocycles. The molecule has 0 aromatic carbocycles. The summed E-state index contributed by atoms with van der Waals surface area (Å²) in [5.74, 6) is -0.375. The van der Waals surface area contributed by atoms with Crippen molar-refractivity contribution in [1.82, 2.24) is 5.32 Å². The summed E-state index contributed by atoms with van der Waals surface area (Å²) in [4.78, 5) is 21.6. The van der Waals surface area contributed by atoms with E-state index in [1.54, 1.807) is 12.2 Å². The molecule has 4 nitrogen and oxygen atoms in total. The van der Waals surface area contributed by atoms with E-state index in [1.165, 1.54) is 64.2 Å². The fourth-order valence-electron chi connectivity index (χ4n) is 2.36. The summed E-state index contributed by atoms with van der Waals surface area (Å²) in [5.41, 5.74) is 4.81. The van der Waals surface area contributed by atoms with Crippen LogP contribution in [0.1, 0.15) is 105 Å². The molecule has 3 amide bonds. The predicted molar refractivity (Wildman–Crippen MR) is 128 cm³/mol. The number of alkyl halides is 1. The lowest BCUT2D eigenvalue weighted by Gasteiger charge is -2.21. The van der Waals surface area contributed by atoms with E-state index in [1.807, 2.05) is 19.2 Å². The average Bonchev–Trinajstić information content (AvgIpc) is 2.69. The number of halogens is 1. The Hall–Kier alpha value is -1.10. The highest BCUT2D eigenvalue weighted by Crippen LogP contribution is 2.26. The Bertz CT molecular complexity index is 378. The molecule has 0 bridgehead atoms. The van der Waals surface area contributed by atoms with Crippen LogP contribution in [0, 0.1) is 0 Å². The lowest BCUT2D eigenvalue weighted by Crippen LogP contribution is -2.46. The van der Waals surface area contributed by atoms with Crippen molar-refractivity contribution in [1.29, 1.82) is 0 Å². The molecular formula is C23H45BrN2O2. The van der Waals surface area contributed by atoms with Crippen LogP contribution in [-0.4, -0.2) is 16.3 Å². The maximum atomic E-state index is 11.3. The summed E-state index contributed by atoms with van der Waals surface area (Å²) in [5, 5.41) is 2.04. The number of imide groups is 1. The van der Waals surface area contributed by atoms with Gasteiger partial charge in [0.1, 0.15) is 4.32 Å². The second kappa shape index (κ2) is 23.9. The van der Waals surface area contributed by atoms with Crippen LogP contribution in [0.25, 0.3) is 0 Å². The largest absolute Gasteiger partial charge is 0.351 e. The van der Waals surface area contributed by atoms with Crippen molar-refractivity contribution >= 4 is 27.9 Å². The minimum Gasteiger partial charge on any atom is -0.351 e. The first kappa shape index (κ1) is 31.6. The number of nitrogens with one attached hydrogen (secondary N) is 1. The molecule has 0 radical (unpaired) electrons.